The van der Waals surface area contributed by atoms with E-state index >= 15 is 0 Å². The Labute approximate surface area is 159 Å². The third-order valence-corrected chi connectivity index (χ3v) is 7.37. The average molecular weight is 396 g/mol. The molecule has 0 heterocycles. The number of hydrogen-bond acceptors (Lipinski definition) is 5. The number of benzene rings is 2. The monoisotopic (exact) mass is 395 g/mol. The molecule has 0 aromatic heterocycles. The van der Waals surface area contributed by atoms with E-state index in [1.54, 1.807) is 31.4 Å². The first-order valence-electron chi connectivity index (χ1n) is 8.34. The van der Waals surface area contributed by atoms with Gasteiger partial charge in [-0.05, 0) is 48.9 Å². The van der Waals surface area contributed by atoms with Gasteiger partial charge in [0.2, 0.25) is 0 Å². The molecule has 3 rings (SSSR count). The van der Waals surface area contributed by atoms with Crippen LogP contribution in [0.3, 0.4) is 0 Å². The third kappa shape index (κ3) is 3.34. The molecular formula is C19H22ClNO4S. The molecule has 0 saturated heterocycles. The minimum atomic E-state index is -3.63. The Balaban J connectivity index is 1.97. The van der Waals surface area contributed by atoms with Gasteiger partial charge in [0.1, 0.15) is 5.75 Å². The van der Waals surface area contributed by atoms with Gasteiger partial charge in [-0.2, -0.15) is 0 Å². The largest absolute Gasteiger partial charge is 0.497 e. The van der Waals surface area contributed by atoms with Gasteiger partial charge in [-0.1, -0.05) is 23.7 Å². The van der Waals surface area contributed by atoms with Crippen LogP contribution < -0.4 is 10.5 Å². The SMILES string of the molecule is CCOC[C@@]1(N)[C@H](S(=O)(=O)c2ccc(Cl)cc2)[C@@H]1c1ccc(OC)cc1. The summed E-state index contributed by atoms with van der Waals surface area (Å²) in [5, 5.41) is -0.268. The second-order valence-electron chi connectivity index (χ2n) is 6.42. The lowest BCUT2D eigenvalue weighted by atomic mass is 10.1. The van der Waals surface area contributed by atoms with Gasteiger partial charge < -0.3 is 15.2 Å². The van der Waals surface area contributed by atoms with Crippen molar-refractivity contribution in [3.8, 4) is 5.75 Å². The molecule has 7 heteroatoms. The van der Waals surface area contributed by atoms with Crippen LogP contribution in [0.15, 0.2) is 53.4 Å². The van der Waals surface area contributed by atoms with E-state index in [2.05, 4.69) is 0 Å². The van der Waals surface area contributed by atoms with E-state index in [9.17, 15) is 8.42 Å². The highest BCUT2D eigenvalue weighted by Gasteiger charge is 2.69. The molecule has 26 heavy (non-hydrogen) atoms. The first-order chi connectivity index (χ1) is 12.3. The van der Waals surface area contributed by atoms with Crippen molar-refractivity contribution in [3.05, 3.63) is 59.1 Å². The Morgan fingerprint density at radius 2 is 1.73 bits per heavy atom. The van der Waals surface area contributed by atoms with Crippen LogP contribution in [0.1, 0.15) is 18.4 Å². The van der Waals surface area contributed by atoms with E-state index in [1.165, 1.54) is 12.1 Å². The molecule has 1 aliphatic rings. The lowest BCUT2D eigenvalue weighted by Gasteiger charge is -2.12. The Morgan fingerprint density at radius 3 is 2.27 bits per heavy atom. The summed E-state index contributed by atoms with van der Waals surface area (Å²) < 4.78 is 37.1. The number of sulfone groups is 1. The zero-order chi connectivity index (χ0) is 18.9. The predicted octanol–water partition coefficient (Wildman–Crippen LogP) is 3.02. The molecule has 1 aliphatic carbocycles. The highest BCUT2D eigenvalue weighted by Crippen LogP contribution is 2.56. The van der Waals surface area contributed by atoms with Crippen molar-refractivity contribution < 1.29 is 17.9 Å². The van der Waals surface area contributed by atoms with Crippen molar-refractivity contribution in [1.29, 1.82) is 0 Å². The van der Waals surface area contributed by atoms with E-state index in [1.807, 2.05) is 19.1 Å². The highest BCUT2D eigenvalue weighted by atomic mass is 35.5. The number of ether oxygens (including phenoxy) is 2. The van der Waals surface area contributed by atoms with Crippen molar-refractivity contribution in [2.45, 2.75) is 28.5 Å². The molecule has 0 amide bonds. The summed E-state index contributed by atoms with van der Waals surface area (Å²) >= 11 is 5.88. The van der Waals surface area contributed by atoms with Crippen LogP contribution >= 0.6 is 11.6 Å². The van der Waals surface area contributed by atoms with Crippen molar-refractivity contribution in [2.24, 2.45) is 5.73 Å². The molecule has 5 nitrogen and oxygen atoms in total. The molecule has 3 atom stereocenters. The molecule has 2 aromatic rings. The zero-order valence-electron chi connectivity index (χ0n) is 14.7. The smallest absolute Gasteiger partial charge is 0.183 e. The number of nitrogens with two attached hydrogens (primary N) is 1. The topological polar surface area (TPSA) is 78.6 Å². The fraction of sp³-hybridized carbons (Fsp3) is 0.368. The van der Waals surface area contributed by atoms with Gasteiger partial charge in [-0.15, -0.1) is 0 Å². The third-order valence-electron chi connectivity index (χ3n) is 4.81. The maximum Gasteiger partial charge on any atom is 0.183 e. The van der Waals surface area contributed by atoms with Crippen molar-refractivity contribution in [1.82, 2.24) is 0 Å². The van der Waals surface area contributed by atoms with Crippen LogP contribution in [-0.4, -0.2) is 39.5 Å². The number of hydrogen-bond donors (Lipinski definition) is 1. The summed E-state index contributed by atoms with van der Waals surface area (Å²) in [6.07, 6.45) is 0. The molecule has 0 unspecified atom stereocenters. The van der Waals surface area contributed by atoms with Crippen LogP contribution in [0.4, 0.5) is 0 Å². The van der Waals surface area contributed by atoms with Crippen LogP contribution in [0.25, 0.3) is 0 Å². The summed E-state index contributed by atoms with van der Waals surface area (Å²) in [7, 11) is -2.04. The molecule has 0 radical (unpaired) electrons. The first-order valence-corrected chi connectivity index (χ1v) is 10.3. The number of rotatable bonds is 7. The van der Waals surface area contributed by atoms with Crippen LogP contribution in [0.5, 0.6) is 5.75 Å². The van der Waals surface area contributed by atoms with E-state index in [0.717, 1.165) is 5.56 Å². The van der Waals surface area contributed by atoms with Crippen LogP contribution in [-0.2, 0) is 14.6 Å². The molecule has 140 valence electrons. The Bertz CT molecular complexity index is 867. The maximum absolute atomic E-state index is 13.2. The Hall–Kier alpha value is -1.60. The average Bonchev–Trinajstić information content (AvgIpc) is 3.27. The summed E-state index contributed by atoms with van der Waals surface area (Å²) in [6.45, 7) is 2.51. The molecule has 2 aromatic carbocycles. The van der Waals surface area contributed by atoms with Gasteiger partial charge in [0, 0.05) is 17.5 Å². The van der Waals surface area contributed by atoms with E-state index in [0.29, 0.717) is 17.4 Å². The van der Waals surface area contributed by atoms with Gasteiger partial charge >= 0.3 is 0 Å². The molecule has 0 aliphatic heterocycles. The van der Waals surface area contributed by atoms with Crippen LogP contribution in [0, 0.1) is 0 Å². The lowest BCUT2D eigenvalue weighted by Crippen LogP contribution is -2.36. The van der Waals surface area contributed by atoms with Gasteiger partial charge in [-0.25, -0.2) is 8.42 Å². The maximum atomic E-state index is 13.2. The van der Waals surface area contributed by atoms with Crippen LogP contribution in [0.2, 0.25) is 5.02 Å². The van der Waals surface area contributed by atoms with Gasteiger partial charge in [-0.3, -0.25) is 0 Å². The highest BCUT2D eigenvalue weighted by molar-refractivity contribution is 7.92. The second-order valence-corrected chi connectivity index (χ2v) is 8.93. The minimum absolute atomic E-state index is 0.178. The molecule has 0 spiro atoms. The van der Waals surface area contributed by atoms with Crippen molar-refractivity contribution in [2.75, 3.05) is 20.3 Å². The van der Waals surface area contributed by atoms with Gasteiger partial charge in [0.25, 0.3) is 0 Å². The van der Waals surface area contributed by atoms with Crippen molar-refractivity contribution >= 4 is 21.4 Å². The number of methoxy groups -OCH3 is 1. The summed E-state index contributed by atoms with van der Waals surface area (Å²) in [5.74, 6) is 0.361. The van der Waals surface area contributed by atoms with E-state index in [4.69, 9.17) is 26.8 Å². The zero-order valence-corrected chi connectivity index (χ0v) is 16.3. The predicted molar refractivity (Wildman–Crippen MR) is 102 cm³/mol. The lowest BCUT2D eigenvalue weighted by molar-refractivity contribution is 0.125. The second kappa shape index (κ2) is 7.19. The Kier molecular flexibility index (Phi) is 5.30. The summed E-state index contributed by atoms with van der Waals surface area (Å²) in [4.78, 5) is 0.217. The molecule has 2 N–H and O–H groups in total. The fourth-order valence-corrected chi connectivity index (χ4v) is 5.83. The Morgan fingerprint density at radius 1 is 1.12 bits per heavy atom. The molecular weight excluding hydrogens is 374 g/mol. The van der Waals surface area contributed by atoms with E-state index in [-0.39, 0.29) is 17.4 Å². The molecule has 1 fully saturated rings. The molecule has 1 saturated carbocycles. The van der Waals surface area contributed by atoms with E-state index < -0.39 is 20.6 Å². The normalized spacial score (nSPS) is 25.1. The molecule has 0 bridgehead atoms. The quantitative estimate of drug-likeness (QED) is 0.779. The summed E-state index contributed by atoms with van der Waals surface area (Å²) in [6, 6.07) is 13.5. The summed E-state index contributed by atoms with van der Waals surface area (Å²) in [5.41, 5.74) is 6.40. The van der Waals surface area contributed by atoms with Gasteiger partial charge in [0.15, 0.2) is 9.84 Å². The van der Waals surface area contributed by atoms with Gasteiger partial charge in [0.05, 0.1) is 29.4 Å². The van der Waals surface area contributed by atoms with Crippen molar-refractivity contribution in [3.63, 3.8) is 0 Å². The standard InChI is InChI=1S/C19H22ClNO4S/c1-3-25-12-19(21)17(13-4-8-15(24-2)9-5-13)18(19)26(22,23)16-10-6-14(20)7-11-16/h4-11,17-18H,3,12,21H2,1-2H3/t17-,18+,19-/m0/s1. The first kappa shape index (κ1) is 19.2. The number of halogens is 1. The minimum Gasteiger partial charge on any atom is -0.497 e. The fourth-order valence-electron chi connectivity index (χ4n) is 3.41.